The number of benzene rings is 5. The lowest BCUT2D eigenvalue weighted by Crippen LogP contribution is -2.47. The molecule has 33 heteroatoms. The minimum Gasteiger partial charge on any atom is -0.478 e. The number of rotatable bonds is 11. The fourth-order valence-corrected chi connectivity index (χ4v) is 14.4. The van der Waals surface area contributed by atoms with E-state index in [1.165, 1.54) is 23.2 Å². The fraction of sp³-hybridized carbons (Fsp3) is 0.257. The normalized spacial score (nSPS) is 14.9. The van der Waals surface area contributed by atoms with E-state index in [4.69, 9.17) is 121 Å². The number of fused-ring (bicyclic) bond motifs is 4. The SMILES string of the molecule is CN(C)C(=O)c1cnc(N2CCN(c3noc4cccc(Cl)c34)CC2)c(Cl)c1.Clc1ccc2onc(N3CCN(c4ncccc4Cl)CC3)c2c1.O=C(O)c1ccc(N2CCN(c3noc4cccc(Cl)c34)CC2)c(Cl)c1.O=C(O)c1cnc(N2CCN(c3noc4ccc(Cl)cc34)CC2)c(Cl)c1. The van der Waals surface area contributed by atoms with Gasteiger partial charge in [0.25, 0.3) is 5.91 Å². The van der Waals surface area contributed by atoms with Crippen LogP contribution in [0.1, 0.15) is 31.1 Å². The first-order chi connectivity index (χ1) is 49.7. The summed E-state index contributed by atoms with van der Waals surface area (Å²) < 4.78 is 21.6. The summed E-state index contributed by atoms with van der Waals surface area (Å²) in [7, 11) is 3.40. The Morgan fingerprint density at radius 2 is 0.728 bits per heavy atom. The molecule has 5 aromatic carbocycles. The first kappa shape index (κ1) is 71.9. The highest BCUT2D eigenvalue weighted by molar-refractivity contribution is 6.37. The van der Waals surface area contributed by atoms with E-state index in [9.17, 15) is 14.4 Å². The zero-order valence-corrected chi connectivity index (χ0v) is 61.0. The van der Waals surface area contributed by atoms with Gasteiger partial charge in [0.05, 0.1) is 74.1 Å². The number of halogens is 8. The number of piperazine rings is 4. The standard InChI is InChI=1S/C19H19Cl2N5O2.C18H15Cl2N3O3.C17H14Cl2N4O3.C16H14Cl2N4O/c1-24(2)19(27)12-10-14(21)17(22-11-12)25-6-8-26(9-7-25)18-16-13(20)4-3-5-15(16)28-23-18;19-12-2-1-3-15-16(12)17(21-26-15)23-8-6-22(7-9-23)14-5-4-11(18(24)25)10-13(14)20;18-11-1-2-14-12(8-11)15(21-26-14)22-3-5-23(6-4-22)16-13(19)7-10(9-20-16)17(24)25;17-11-3-4-14-12(10-11)15(20-23-14)21-6-8-22(9-7-21)16-13(18)2-1-5-19-16/h3-5,10-11H,6-9H2,1-2H3;1-5,10H,6-9H2,(H,24,25);1-2,7-9H,3-6H2,(H,24,25);1-5,10H,6-9H2. The Labute approximate surface area is 628 Å². The average molecular weight is 1550 g/mol. The number of hydrogen-bond acceptors (Lipinski definition) is 22. The maximum atomic E-state index is 12.1. The third-order valence-corrected chi connectivity index (χ3v) is 20.0. The predicted octanol–water partition coefficient (Wildman–Crippen LogP) is 15.1. The number of carbonyl (C=O) groups is 3. The van der Waals surface area contributed by atoms with Gasteiger partial charge in [-0.1, -0.05) is 126 Å². The number of carbonyl (C=O) groups excluding carboxylic acids is 1. The van der Waals surface area contributed by atoms with Gasteiger partial charge in [-0.3, -0.25) is 4.79 Å². The second-order valence-electron chi connectivity index (χ2n) is 24.3. The molecule has 4 aliphatic heterocycles. The summed E-state index contributed by atoms with van der Waals surface area (Å²) in [6, 6.07) is 33.6. The zero-order valence-electron chi connectivity index (χ0n) is 54.9. The van der Waals surface area contributed by atoms with E-state index in [-0.39, 0.29) is 17.0 Å². The van der Waals surface area contributed by atoms with Crippen molar-refractivity contribution in [1.29, 1.82) is 0 Å². The number of hydrogen-bond donors (Lipinski definition) is 2. The first-order valence-electron chi connectivity index (χ1n) is 32.3. The van der Waals surface area contributed by atoms with Crippen LogP contribution < -0.4 is 39.2 Å². The average Bonchev–Trinajstić information content (AvgIpc) is 1.69. The minimum atomic E-state index is -1.05. The molecule has 7 aromatic heterocycles. The molecule has 4 fully saturated rings. The van der Waals surface area contributed by atoms with E-state index in [1.807, 2.05) is 71.6 Å². The molecule has 25 nitrogen and oxygen atoms in total. The molecule has 0 atom stereocenters. The van der Waals surface area contributed by atoms with Gasteiger partial charge in [-0.05, 0) is 103 Å². The topological polar surface area (TPSA) is 264 Å². The van der Waals surface area contributed by atoms with E-state index < -0.39 is 11.9 Å². The van der Waals surface area contributed by atoms with Gasteiger partial charge in [-0.2, -0.15) is 0 Å². The summed E-state index contributed by atoms with van der Waals surface area (Å²) in [6.45, 7) is 11.8. The van der Waals surface area contributed by atoms with Crippen molar-refractivity contribution in [2.75, 3.05) is 158 Å². The van der Waals surface area contributed by atoms with E-state index >= 15 is 0 Å². The number of aromatic nitrogens is 7. The Hall–Kier alpha value is -9.44. The van der Waals surface area contributed by atoms with Crippen molar-refractivity contribution in [3.63, 3.8) is 0 Å². The molecule has 4 saturated heterocycles. The van der Waals surface area contributed by atoms with Crippen LogP contribution in [-0.2, 0) is 0 Å². The predicted molar refractivity (Wildman–Crippen MR) is 405 cm³/mol. The Balaban J connectivity index is 0.000000123. The molecule has 11 heterocycles. The van der Waals surface area contributed by atoms with E-state index in [1.54, 1.807) is 62.9 Å². The molecule has 0 spiro atoms. The Bertz CT molecular complexity index is 5090. The molecular formula is C70H62Cl8N16O9. The highest BCUT2D eigenvalue weighted by atomic mass is 35.5. The van der Waals surface area contributed by atoms with Crippen LogP contribution in [0.15, 0.2) is 152 Å². The number of carboxylic acid groups (broad SMARTS) is 2. The number of amides is 1. The van der Waals surface area contributed by atoms with Crippen LogP contribution in [0, 0.1) is 0 Å². The van der Waals surface area contributed by atoms with Crippen molar-refractivity contribution in [1.82, 2.24) is 40.5 Å². The number of anilines is 8. The van der Waals surface area contributed by atoms with E-state index in [0.29, 0.717) is 113 Å². The van der Waals surface area contributed by atoms with Gasteiger partial charge >= 0.3 is 11.9 Å². The van der Waals surface area contributed by atoms with Crippen LogP contribution in [0.25, 0.3) is 43.9 Å². The summed E-state index contributed by atoms with van der Waals surface area (Å²) in [5.74, 6) is 3.05. The number of carboxylic acids is 2. The maximum Gasteiger partial charge on any atom is 0.337 e. The van der Waals surface area contributed by atoms with Gasteiger partial charge in [-0.15, -0.1) is 0 Å². The molecule has 12 aromatic rings. The Morgan fingerprint density at radius 3 is 1.15 bits per heavy atom. The second kappa shape index (κ2) is 31.7. The lowest BCUT2D eigenvalue weighted by Gasteiger charge is -2.36. The maximum absolute atomic E-state index is 12.1. The van der Waals surface area contributed by atoms with Gasteiger partial charge in [0.15, 0.2) is 45.6 Å². The molecule has 532 valence electrons. The number of pyridine rings is 3. The zero-order chi connectivity index (χ0) is 72.2. The number of aromatic carboxylic acids is 2. The van der Waals surface area contributed by atoms with Crippen LogP contribution in [0.5, 0.6) is 0 Å². The van der Waals surface area contributed by atoms with Crippen LogP contribution >= 0.6 is 92.8 Å². The van der Waals surface area contributed by atoms with Crippen molar-refractivity contribution >= 4 is 201 Å². The highest BCUT2D eigenvalue weighted by Crippen LogP contribution is 2.38. The van der Waals surface area contributed by atoms with Crippen LogP contribution in [0.2, 0.25) is 40.2 Å². The smallest absolute Gasteiger partial charge is 0.337 e. The van der Waals surface area contributed by atoms with Crippen molar-refractivity contribution in [3.05, 3.63) is 191 Å². The molecular weight excluding hydrogens is 1490 g/mol. The third-order valence-electron chi connectivity index (χ3n) is 17.7. The molecule has 0 aliphatic carbocycles. The highest BCUT2D eigenvalue weighted by Gasteiger charge is 2.30. The lowest BCUT2D eigenvalue weighted by molar-refractivity contribution is 0.0686. The van der Waals surface area contributed by atoms with Gasteiger partial charge in [0.2, 0.25) is 0 Å². The Kier molecular flexibility index (Phi) is 22.1. The lowest BCUT2D eigenvalue weighted by atomic mass is 10.1. The molecule has 0 radical (unpaired) electrons. The van der Waals surface area contributed by atoms with Crippen molar-refractivity contribution in [3.8, 4) is 0 Å². The minimum absolute atomic E-state index is 0.0725. The fourth-order valence-electron chi connectivity index (χ4n) is 12.4. The summed E-state index contributed by atoms with van der Waals surface area (Å²) in [6.07, 6.45) is 4.66. The van der Waals surface area contributed by atoms with Crippen LogP contribution in [0.3, 0.4) is 0 Å². The van der Waals surface area contributed by atoms with Crippen molar-refractivity contribution in [2.24, 2.45) is 0 Å². The molecule has 0 bridgehead atoms. The molecule has 2 N–H and O–H groups in total. The van der Waals surface area contributed by atoms with Gasteiger partial charge in [-0.25, -0.2) is 24.5 Å². The van der Waals surface area contributed by atoms with Crippen LogP contribution in [-0.4, -0.2) is 187 Å². The van der Waals surface area contributed by atoms with Crippen molar-refractivity contribution < 1.29 is 42.7 Å². The van der Waals surface area contributed by atoms with Gasteiger partial charge < -0.3 is 72.4 Å². The molecule has 0 unspecified atom stereocenters. The first-order valence-corrected chi connectivity index (χ1v) is 35.3. The quantitative estimate of drug-likeness (QED) is 0.122. The molecule has 16 rings (SSSR count). The van der Waals surface area contributed by atoms with Crippen LogP contribution in [0.4, 0.5) is 46.4 Å². The van der Waals surface area contributed by atoms with Crippen molar-refractivity contribution in [2.45, 2.75) is 0 Å². The largest absolute Gasteiger partial charge is 0.478 e. The molecule has 1 amide bonds. The van der Waals surface area contributed by atoms with E-state index in [2.05, 4.69) is 69.9 Å². The Morgan fingerprint density at radius 1 is 0.359 bits per heavy atom. The monoisotopic (exact) mass is 1550 g/mol. The molecule has 0 saturated carbocycles. The van der Waals surface area contributed by atoms with Gasteiger partial charge in [0.1, 0.15) is 17.5 Å². The van der Waals surface area contributed by atoms with Gasteiger partial charge in [0, 0.05) is 147 Å². The third kappa shape index (κ3) is 15.9. The molecule has 4 aliphatic rings. The number of nitrogens with zero attached hydrogens (tertiary/aromatic N) is 16. The molecule has 103 heavy (non-hydrogen) atoms. The summed E-state index contributed by atoms with van der Waals surface area (Å²) in [4.78, 5) is 65.7. The second-order valence-corrected chi connectivity index (χ2v) is 27.6. The summed E-state index contributed by atoms with van der Waals surface area (Å²) in [5.41, 5.74) is 4.35. The van der Waals surface area contributed by atoms with E-state index in [0.717, 1.165) is 127 Å². The summed E-state index contributed by atoms with van der Waals surface area (Å²) >= 11 is 49.9. The summed E-state index contributed by atoms with van der Waals surface area (Å²) in [5, 5.41) is 42.8.